The van der Waals surface area contributed by atoms with Crippen LogP contribution in [-0.4, -0.2) is 29.2 Å². The number of H-pyrrole nitrogens is 1. The van der Waals surface area contributed by atoms with Crippen molar-refractivity contribution in [2.45, 2.75) is 0 Å². The van der Waals surface area contributed by atoms with Gasteiger partial charge in [-0.2, -0.15) is 0 Å². The van der Waals surface area contributed by atoms with Crippen LogP contribution in [0.15, 0.2) is 24.3 Å². The molecule has 1 N–H and O–H groups in total. The summed E-state index contributed by atoms with van der Waals surface area (Å²) in [5.41, 5.74) is 3.53. The number of nitrogens with zero attached hydrogens (tertiary/aromatic N) is 2. The summed E-state index contributed by atoms with van der Waals surface area (Å²) in [4.78, 5) is 12.5. The van der Waals surface area contributed by atoms with E-state index in [1.54, 1.807) is 26.4 Å². The van der Waals surface area contributed by atoms with Gasteiger partial charge in [0.05, 0.1) is 40.8 Å². The smallest absolute Gasteiger partial charge is 0.185 e. The molecule has 0 saturated heterocycles. The number of halogens is 2. The van der Waals surface area contributed by atoms with Crippen molar-refractivity contribution in [1.82, 2.24) is 15.0 Å². The summed E-state index contributed by atoms with van der Waals surface area (Å²) in [7, 11) is 3.20. The van der Waals surface area contributed by atoms with Gasteiger partial charge in [0.1, 0.15) is 5.52 Å². The minimum Gasteiger partial charge on any atom is -0.493 e. The van der Waals surface area contributed by atoms with Crippen molar-refractivity contribution < 1.29 is 9.47 Å². The highest BCUT2D eigenvalue weighted by Gasteiger charge is 2.16. The van der Waals surface area contributed by atoms with Gasteiger partial charge in [-0.1, -0.05) is 23.2 Å². The zero-order valence-electron chi connectivity index (χ0n) is 12.3. The molecule has 2 aromatic heterocycles. The summed E-state index contributed by atoms with van der Waals surface area (Å²) in [6.07, 6.45) is 0. The first-order valence-corrected chi connectivity index (χ1v) is 7.57. The lowest BCUT2D eigenvalue weighted by Gasteiger charge is -2.07. The second-order valence-corrected chi connectivity index (χ2v) is 5.84. The second kappa shape index (κ2) is 5.15. The monoisotopic (exact) mass is 347 g/mol. The van der Waals surface area contributed by atoms with Crippen LogP contribution in [0.2, 0.25) is 10.0 Å². The standard InChI is InChI=1S/C16H11Cl2N3O2/c1-22-12-4-3-7-13(15(12)23-2)21-16-14(7)19-10-5-8(17)9(18)6-11(10)20-16/h3-6H,1-2H3,(H,20,21). The molecule has 2 heterocycles. The average molecular weight is 348 g/mol. The van der Waals surface area contributed by atoms with Gasteiger partial charge in [0.25, 0.3) is 0 Å². The average Bonchev–Trinajstić information content (AvgIpc) is 2.90. The molecule has 0 spiro atoms. The Balaban J connectivity index is 2.14. The largest absolute Gasteiger partial charge is 0.493 e. The Hall–Kier alpha value is -2.24. The van der Waals surface area contributed by atoms with Gasteiger partial charge < -0.3 is 14.5 Å². The molecule has 0 atom stereocenters. The number of methoxy groups -OCH3 is 2. The predicted molar refractivity (Wildman–Crippen MR) is 92.0 cm³/mol. The maximum atomic E-state index is 6.07. The Morgan fingerprint density at radius 1 is 0.957 bits per heavy atom. The molecule has 0 radical (unpaired) electrons. The molecule has 0 fully saturated rings. The zero-order chi connectivity index (χ0) is 16.1. The Bertz CT molecular complexity index is 1080. The zero-order valence-corrected chi connectivity index (χ0v) is 13.8. The van der Waals surface area contributed by atoms with Gasteiger partial charge in [-0.3, -0.25) is 0 Å². The van der Waals surface area contributed by atoms with E-state index in [4.69, 9.17) is 32.7 Å². The third kappa shape index (κ3) is 2.08. The fourth-order valence-corrected chi connectivity index (χ4v) is 3.01. The van der Waals surface area contributed by atoms with E-state index in [1.807, 2.05) is 12.1 Å². The van der Waals surface area contributed by atoms with Crippen molar-refractivity contribution in [3.63, 3.8) is 0 Å². The van der Waals surface area contributed by atoms with Crippen LogP contribution in [0.5, 0.6) is 11.5 Å². The van der Waals surface area contributed by atoms with Crippen LogP contribution in [0, 0.1) is 0 Å². The Labute approximate surface area is 141 Å². The summed E-state index contributed by atoms with van der Waals surface area (Å²) in [5.74, 6) is 1.26. The molecule has 116 valence electrons. The van der Waals surface area contributed by atoms with E-state index in [0.29, 0.717) is 38.2 Å². The molecule has 5 nitrogen and oxygen atoms in total. The third-order valence-corrected chi connectivity index (χ3v) is 4.47. The quantitative estimate of drug-likeness (QED) is 0.576. The van der Waals surface area contributed by atoms with Gasteiger partial charge in [0.15, 0.2) is 17.1 Å². The Morgan fingerprint density at radius 3 is 2.30 bits per heavy atom. The normalized spacial score (nSPS) is 11.5. The van der Waals surface area contributed by atoms with Gasteiger partial charge in [-0.05, 0) is 24.3 Å². The maximum absolute atomic E-state index is 6.07. The first-order chi connectivity index (χ1) is 11.1. The highest BCUT2D eigenvalue weighted by atomic mass is 35.5. The molecule has 4 rings (SSSR count). The van der Waals surface area contributed by atoms with Gasteiger partial charge in [0.2, 0.25) is 0 Å². The number of aromatic amines is 1. The minimum atomic E-state index is 0.447. The Kier molecular flexibility index (Phi) is 3.21. The maximum Gasteiger partial charge on any atom is 0.185 e. The van der Waals surface area contributed by atoms with Gasteiger partial charge in [-0.25, -0.2) is 9.97 Å². The van der Waals surface area contributed by atoms with Crippen LogP contribution in [0.4, 0.5) is 0 Å². The fraction of sp³-hybridized carbons (Fsp3) is 0.125. The molecular formula is C16H11Cl2N3O2. The number of aromatic nitrogens is 3. The van der Waals surface area contributed by atoms with Crippen LogP contribution in [0.3, 0.4) is 0 Å². The number of rotatable bonds is 2. The third-order valence-electron chi connectivity index (χ3n) is 3.75. The van der Waals surface area contributed by atoms with Crippen LogP contribution in [0.25, 0.3) is 33.1 Å². The molecule has 7 heteroatoms. The minimum absolute atomic E-state index is 0.447. The van der Waals surface area contributed by atoms with Crippen molar-refractivity contribution in [2.24, 2.45) is 0 Å². The molecule has 0 saturated carbocycles. The number of hydrogen-bond donors (Lipinski definition) is 1. The summed E-state index contributed by atoms with van der Waals surface area (Å²) in [6.45, 7) is 0. The van der Waals surface area contributed by atoms with Gasteiger partial charge in [-0.15, -0.1) is 0 Å². The molecule has 0 aliphatic heterocycles. The van der Waals surface area contributed by atoms with E-state index in [1.165, 1.54) is 0 Å². The molecule has 0 aliphatic rings. The molecule has 23 heavy (non-hydrogen) atoms. The van der Waals surface area contributed by atoms with E-state index in [0.717, 1.165) is 16.4 Å². The highest BCUT2D eigenvalue weighted by molar-refractivity contribution is 6.42. The summed E-state index contributed by atoms with van der Waals surface area (Å²) >= 11 is 12.1. The van der Waals surface area contributed by atoms with Crippen molar-refractivity contribution >= 4 is 56.3 Å². The lowest BCUT2D eigenvalue weighted by molar-refractivity contribution is 0.358. The van der Waals surface area contributed by atoms with Crippen LogP contribution in [-0.2, 0) is 0 Å². The van der Waals surface area contributed by atoms with Crippen molar-refractivity contribution in [2.75, 3.05) is 14.2 Å². The molecule has 0 bridgehead atoms. The summed E-state index contributed by atoms with van der Waals surface area (Å²) in [5, 5.41) is 1.80. The fourth-order valence-electron chi connectivity index (χ4n) is 2.69. The first kappa shape index (κ1) is 14.4. The van der Waals surface area contributed by atoms with Crippen molar-refractivity contribution in [3.05, 3.63) is 34.3 Å². The highest BCUT2D eigenvalue weighted by Crippen LogP contribution is 2.38. The van der Waals surface area contributed by atoms with Crippen LogP contribution < -0.4 is 9.47 Å². The number of ether oxygens (including phenoxy) is 2. The molecule has 0 amide bonds. The molecule has 4 aromatic rings. The predicted octanol–water partition coefficient (Wildman–Crippen LogP) is 4.59. The molecule has 2 aromatic carbocycles. The van der Waals surface area contributed by atoms with E-state index in [9.17, 15) is 0 Å². The van der Waals surface area contributed by atoms with Crippen LogP contribution in [0.1, 0.15) is 0 Å². The van der Waals surface area contributed by atoms with E-state index >= 15 is 0 Å². The lowest BCUT2D eigenvalue weighted by Crippen LogP contribution is -1.90. The lowest BCUT2D eigenvalue weighted by atomic mass is 10.2. The molecule has 0 unspecified atom stereocenters. The summed E-state index contributed by atoms with van der Waals surface area (Å²) < 4.78 is 10.8. The topological polar surface area (TPSA) is 60.0 Å². The number of fused-ring (bicyclic) bond motifs is 4. The first-order valence-electron chi connectivity index (χ1n) is 6.81. The number of benzene rings is 2. The van der Waals surface area contributed by atoms with Crippen molar-refractivity contribution in [3.8, 4) is 11.5 Å². The summed E-state index contributed by atoms with van der Waals surface area (Å²) in [6, 6.07) is 7.18. The van der Waals surface area contributed by atoms with Crippen molar-refractivity contribution in [1.29, 1.82) is 0 Å². The van der Waals surface area contributed by atoms with Crippen LogP contribution >= 0.6 is 23.2 Å². The Morgan fingerprint density at radius 2 is 1.65 bits per heavy atom. The van der Waals surface area contributed by atoms with E-state index in [-0.39, 0.29) is 0 Å². The number of nitrogens with one attached hydrogen (secondary N) is 1. The van der Waals surface area contributed by atoms with Gasteiger partial charge >= 0.3 is 0 Å². The van der Waals surface area contributed by atoms with E-state index < -0.39 is 0 Å². The van der Waals surface area contributed by atoms with Gasteiger partial charge in [0, 0.05) is 5.39 Å². The molecular weight excluding hydrogens is 337 g/mol. The molecule has 0 aliphatic carbocycles. The van der Waals surface area contributed by atoms with E-state index in [2.05, 4.69) is 15.0 Å². The number of hydrogen-bond acceptors (Lipinski definition) is 4. The SMILES string of the molecule is COc1ccc2c([nH]c3nc4cc(Cl)c(Cl)cc4nc32)c1OC. The second-order valence-electron chi connectivity index (χ2n) is 5.02.